The topological polar surface area (TPSA) is 119 Å². The maximum absolute atomic E-state index is 12.0. The van der Waals surface area contributed by atoms with Crippen LogP contribution in [0.15, 0.2) is 90.6 Å². The van der Waals surface area contributed by atoms with Crippen molar-refractivity contribution in [3.63, 3.8) is 0 Å². The van der Waals surface area contributed by atoms with Gasteiger partial charge in [0.2, 0.25) is 0 Å². The molecule has 3 heterocycles. The molecule has 2 N–H and O–H groups in total. The first-order chi connectivity index (χ1) is 18.6. The summed E-state index contributed by atoms with van der Waals surface area (Å²) in [4.78, 5) is 20.2. The molecule has 0 saturated heterocycles. The van der Waals surface area contributed by atoms with Gasteiger partial charge in [0.25, 0.3) is 5.91 Å². The molecule has 0 spiro atoms. The van der Waals surface area contributed by atoms with Crippen molar-refractivity contribution in [1.82, 2.24) is 30.4 Å². The second-order valence-corrected chi connectivity index (χ2v) is 8.65. The molecule has 0 unspecified atom stereocenters. The predicted octanol–water partition coefficient (Wildman–Crippen LogP) is 4.33. The highest BCUT2D eigenvalue weighted by atomic mass is 35.5. The summed E-state index contributed by atoms with van der Waals surface area (Å²) < 4.78 is 7.59. The van der Waals surface area contributed by atoms with E-state index in [0.29, 0.717) is 36.0 Å². The van der Waals surface area contributed by atoms with Gasteiger partial charge in [-0.1, -0.05) is 16.8 Å². The van der Waals surface area contributed by atoms with Crippen molar-refractivity contribution < 1.29 is 9.53 Å². The molecule has 0 bridgehead atoms. The smallest absolute Gasteiger partial charge is 0.271 e. The van der Waals surface area contributed by atoms with Gasteiger partial charge in [0.05, 0.1) is 24.5 Å². The highest BCUT2D eigenvalue weighted by Gasteiger charge is 2.05. The summed E-state index contributed by atoms with van der Waals surface area (Å²) in [7, 11) is 0. The van der Waals surface area contributed by atoms with E-state index in [1.807, 2.05) is 54.7 Å². The van der Waals surface area contributed by atoms with Gasteiger partial charge in [-0.2, -0.15) is 5.10 Å². The molecule has 5 aromatic rings. The molecule has 0 aliphatic rings. The fourth-order valence-corrected chi connectivity index (χ4v) is 3.80. The third-order valence-electron chi connectivity index (χ3n) is 5.54. The van der Waals surface area contributed by atoms with E-state index >= 15 is 0 Å². The second-order valence-electron chi connectivity index (χ2n) is 8.21. The molecule has 10 nitrogen and oxygen atoms in total. The Morgan fingerprint density at radius 3 is 2.74 bits per heavy atom. The van der Waals surface area contributed by atoms with Gasteiger partial charge in [-0.15, -0.1) is 5.10 Å². The molecule has 1 amide bonds. The van der Waals surface area contributed by atoms with Crippen LogP contribution in [0.2, 0.25) is 5.02 Å². The first-order valence-corrected chi connectivity index (χ1v) is 12.2. The zero-order valence-corrected chi connectivity index (χ0v) is 20.9. The zero-order chi connectivity index (χ0) is 26.2. The van der Waals surface area contributed by atoms with Crippen LogP contribution in [0.3, 0.4) is 0 Å². The molecule has 38 heavy (non-hydrogen) atoms. The van der Waals surface area contributed by atoms with Crippen LogP contribution in [-0.2, 0) is 13.2 Å². The number of nitrogens with zero attached hydrogens (tertiary/aromatic N) is 6. The van der Waals surface area contributed by atoms with Gasteiger partial charge in [0.1, 0.15) is 18.1 Å². The lowest BCUT2D eigenvalue weighted by Gasteiger charge is -2.09. The van der Waals surface area contributed by atoms with Gasteiger partial charge in [-0.3, -0.25) is 19.4 Å². The zero-order valence-electron chi connectivity index (χ0n) is 20.2. The molecule has 11 heteroatoms. The molecule has 0 aliphatic carbocycles. The van der Waals surface area contributed by atoms with Crippen molar-refractivity contribution in [2.24, 2.45) is 5.10 Å². The van der Waals surface area contributed by atoms with Gasteiger partial charge >= 0.3 is 0 Å². The number of fused-ring (bicyclic) bond motifs is 1. The number of benzene rings is 2. The van der Waals surface area contributed by atoms with Gasteiger partial charge in [0.15, 0.2) is 0 Å². The van der Waals surface area contributed by atoms with Gasteiger partial charge in [-0.25, -0.2) is 5.43 Å². The Morgan fingerprint density at radius 2 is 1.89 bits per heavy atom. The summed E-state index contributed by atoms with van der Waals surface area (Å²) in [6.45, 7) is 1.59. The van der Waals surface area contributed by atoms with Crippen molar-refractivity contribution in [3.8, 4) is 5.75 Å². The molecule has 2 aromatic carbocycles. The number of amides is 1. The Morgan fingerprint density at radius 1 is 1.05 bits per heavy atom. The Hall–Kier alpha value is -4.83. The number of carbonyl (C=O) groups is 1. The van der Waals surface area contributed by atoms with Crippen molar-refractivity contribution in [2.75, 3.05) is 11.9 Å². The lowest BCUT2D eigenvalue weighted by Crippen LogP contribution is -2.17. The summed E-state index contributed by atoms with van der Waals surface area (Å²) in [5, 5.41) is 17.4. The molecule has 0 saturated carbocycles. The Balaban J connectivity index is 1.07. The second kappa shape index (κ2) is 11.9. The average Bonchev–Trinajstić information content (AvgIpc) is 3.40. The predicted molar refractivity (Wildman–Crippen MR) is 145 cm³/mol. The van der Waals surface area contributed by atoms with Crippen LogP contribution in [0.25, 0.3) is 10.9 Å². The molecule has 0 radical (unpaired) electrons. The summed E-state index contributed by atoms with van der Waals surface area (Å²) >= 11 is 6.07. The van der Waals surface area contributed by atoms with Gasteiger partial charge in [-0.05, 0) is 66.2 Å². The van der Waals surface area contributed by atoms with E-state index in [1.165, 1.54) is 0 Å². The van der Waals surface area contributed by atoms with Crippen LogP contribution in [0.5, 0.6) is 5.75 Å². The van der Waals surface area contributed by atoms with Crippen LogP contribution in [-0.4, -0.2) is 43.6 Å². The number of anilines is 1. The highest BCUT2D eigenvalue weighted by Crippen LogP contribution is 2.24. The number of aromatic nitrogens is 5. The molecule has 0 fully saturated rings. The largest absolute Gasteiger partial charge is 0.487 e. The Labute approximate surface area is 223 Å². The van der Waals surface area contributed by atoms with Crippen LogP contribution in [0, 0.1) is 0 Å². The number of rotatable bonds is 10. The first-order valence-electron chi connectivity index (χ1n) is 11.8. The lowest BCUT2D eigenvalue weighted by atomic mass is 10.2. The summed E-state index contributed by atoms with van der Waals surface area (Å²) in [5.74, 6) is 0.382. The third kappa shape index (κ3) is 6.48. The summed E-state index contributed by atoms with van der Waals surface area (Å²) in [5.41, 5.74) is 6.34. The minimum atomic E-state index is -0.302. The molecule has 3 aromatic heterocycles. The lowest BCUT2D eigenvalue weighted by molar-refractivity contribution is 0.0955. The maximum Gasteiger partial charge on any atom is 0.271 e. The molecule has 0 aliphatic heterocycles. The van der Waals surface area contributed by atoms with Crippen molar-refractivity contribution >= 4 is 40.3 Å². The minimum absolute atomic E-state index is 0.290. The van der Waals surface area contributed by atoms with Crippen molar-refractivity contribution in [1.29, 1.82) is 0 Å². The van der Waals surface area contributed by atoms with Crippen molar-refractivity contribution in [3.05, 3.63) is 107 Å². The maximum atomic E-state index is 12.0. The van der Waals surface area contributed by atoms with Crippen LogP contribution >= 0.6 is 11.6 Å². The van der Waals surface area contributed by atoms with E-state index in [4.69, 9.17) is 16.3 Å². The summed E-state index contributed by atoms with van der Waals surface area (Å²) in [6.07, 6.45) is 8.29. The number of nitrogens with one attached hydrogen (secondary N) is 2. The fourth-order valence-electron chi connectivity index (χ4n) is 3.64. The fraction of sp³-hybridized carbons (Fsp3) is 0.111. The molecule has 5 rings (SSSR count). The number of ether oxygens (including phenoxy) is 1. The number of hydrogen-bond donors (Lipinski definition) is 2. The molecule has 0 atom stereocenters. The molecular formula is C27H23ClN8O2. The standard InChI is InChI=1S/C27H23ClN8O2/c28-21-3-6-24-25(9-12-30-26(24)15-21)31-13-14-36-17-22(33-35-36)18-38-23-4-1-19(2-5-23)16-32-34-27(37)20-7-10-29-11-8-20/h1-12,15-17H,13-14,18H2,(H,30,31)(H,34,37)/b32-16+. The van der Waals surface area contributed by atoms with E-state index in [0.717, 1.165) is 27.8 Å². The van der Waals surface area contributed by atoms with Gasteiger partial charge < -0.3 is 10.1 Å². The van der Waals surface area contributed by atoms with E-state index in [-0.39, 0.29) is 5.91 Å². The molecular weight excluding hydrogens is 504 g/mol. The van der Waals surface area contributed by atoms with E-state index in [2.05, 4.69) is 36.1 Å². The number of halogens is 1. The van der Waals surface area contributed by atoms with E-state index in [1.54, 1.807) is 41.6 Å². The Bertz CT molecular complexity index is 1550. The van der Waals surface area contributed by atoms with Crippen LogP contribution in [0.4, 0.5) is 5.69 Å². The first kappa shape index (κ1) is 24.8. The minimum Gasteiger partial charge on any atom is -0.487 e. The quantitative estimate of drug-likeness (QED) is 0.205. The average molecular weight is 527 g/mol. The highest BCUT2D eigenvalue weighted by molar-refractivity contribution is 6.31. The number of hydrogen-bond acceptors (Lipinski definition) is 8. The van der Waals surface area contributed by atoms with E-state index < -0.39 is 0 Å². The third-order valence-corrected chi connectivity index (χ3v) is 5.77. The monoisotopic (exact) mass is 526 g/mol. The summed E-state index contributed by atoms with van der Waals surface area (Å²) in [6, 6.07) is 18.2. The molecule has 190 valence electrons. The van der Waals surface area contributed by atoms with E-state index in [9.17, 15) is 4.79 Å². The normalized spacial score (nSPS) is 11.1. The SMILES string of the molecule is O=C(N/N=C/c1ccc(OCc2cn(CCNc3ccnc4cc(Cl)ccc34)nn2)cc1)c1ccncc1. The van der Waals surface area contributed by atoms with Crippen LogP contribution < -0.4 is 15.5 Å². The number of carbonyl (C=O) groups excluding carboxylic acids is 1. The Kier molecular flexibility index (Phi) is 7.80. The van der Waals surface area contributed by atoms with Gasteiger partial charge in [0, 0.05) is 46.8 Å². The van der Waals surface area contributed by atoms with Crippen molar-refractivity contribution in [2.45, 2.75) is 13.2 Å². The number of pyridine rings is 2. The number of hydrazone groups is 1. The van der Waals surface area contributed by atoms with Crippen LogP contribution in [0.1, 0.15) is 21.6 Å².